The van der Waals surface area contributed by atoms with Gasteiger partial charge in [0.05, 0.1) is 6.20 Å². The highest BCUT2D eigenvalue weighted by atomic mass is 127. The molecule has 0 saturated carbocycles. The number of carbonyl (C=O) groups is 1. The van der Waals surface area contributed by atoms with Crippen LogP contribution >= 0.6 is 22.6 Å². The van der Waals surface area contributed by atoms with E-state index in [1.54, 1.807) is 10.9 Å². The first kappa shape index (κ1) is 10.6. The normalized spacial score (nSPS) is 11.7. The minimum atomic E-state index is -0.308. The van der Waals surface area contributed by atoms with Gasteiger partial charge in [0.1, 0.15) is 10.2 Å². The molecule has 0 amide bonds. The Kier molecular flexibility index (Phi) is 3.05. The summed E-state index contributed by atoms with van der Waals surface area (Å²) in [6.45, 7) is 6.01. The topological polar surface area (TPSA) is 47.8 Å². The van der Waals surface area contributed by atoms with Gasteiger partial charge in [0.2, 0.25) is 0 Å². The van der Waals surface area contributed by atoms with Gasteiger partial charge in [-0.25, -0.2) is 4.68 Å². The molecule has 0 aromatic carbocycles. The highest BCUT2D eigenvalue weighted by Gasteiger charge is 2.21. The van der Waals surface area contributed by atoms with Crippen LogP contribution in [0.2, 0.25) is 0 Å². The predicted molar refractivity (Wildman–Crippen MR) is 57.2 cm³/mol. The van der Waals surface area contributed by atoms with Crippen molar-refractivity contribution in [1.29, 1.82) is 0 Å². The number of halogens is 1. The molecule has 0 N–H and O–H groups in total. The van der Waals surface area contributed by atoms with Crippen molar-refractivity contribution in [2.45, 2.75) is 27.3 Å². The fourth-order valence-electron chi connectivity index (χ4n) is 0.736. The van der Waals surface area contributed by atoms with Gasteiger partial charge in [0, 0.05) is 5.41 Å². The van der Waals surface area contributed by atoms with E-state index in [-0.39, 0.29) is 11.2 Å². The third kappa shape index (κ3) is 3.06. The molecule has 0 aliphatic rings. The lowest BCUT2D eigenvalue weighted by molar-refractivity contribution is -0.127. The molecule has 0 aliphatic carbocycles. The van der Waals surface area contributed by atoms with Crippen molar-refractivity contribution in [1.82, 2.24) is 15.0 Å². The van der Waals surface area contributed by atoms with Crippen LogP contribution in [-0.4, -0.2) is 20.8 Å². The van der Waals surface area contributed by atoms with Crippen LogP contribution in [0.15, 0.2) is 6.20 Å². The monoisotopic (exact) mass is 293 g/mol. The van der Waals surface area contributed by atoms with Crippen molar-refractivity contribution in [3.8, 4) is 0 Å². The van der Waals surface area contributed by atoms with E-state index in [0.717, 1.165) is 3.70 Å². The fraction of sp³-hybridized carbons (Fsp3) is 0.625. The number of aromatic nitrogens is 3. The molecule has 0 radical (unpaired) electrons. The van der Waals surface area contributed by atoms with Gasteiger partial charge in [0.25, 0.3) is 0 Å². The van der Waals surface area contributed by atoms with Crippen molar-refractivity contribution in [2.24, 2.45) is 5.41 Å². The molecule has 5 heteroatoms. The van der Waals surface area contributed by atoms with E-state index in [1.165, 1.54) is 0 Å². The number of hydrogen-bond acceptors (Lipinski definition) is 3. The second-order valence-corrected chi connectivity index (χ2v) is 5.02. The summed E-state index contributed by atoms with van der Waals surface area (Å²) in [7, 11) is 0. The van der Waals surface area contributed by atoms with Crippen LogP contribution in [0.3, 0.4) is 0 Å². The van der Waals surface area contributed by atoms with Gasteiger partial charge >= 0.3 is 0 Å². The average Bonchev–Trinajstić information content (AvgIpc) is 2.33. The van der Waals surface area contributed by atoms with Crippen LogP contribution in [0.25, 0.3) is 0 Å². The van der Waals surface area contributed by atoms with Crippen LogP contribution in [0.4, 0.5) is 0 Å². The number of hydrogen-bond donors (Lipinski definition) is 0. The van der Waals surface area contributed by atoms with E-state index < -0.39 is 0 Å². The summed E-state index contributed by atoms with van der Waals surface area (Å²) >= 11 is 2.06. The number of Topliss-reactive ketones (excluding diaryl/α,β-unsaturated/α-hetero) is 1. The average molecular weight is 293 g/mol. The Morgan fingerprint density at radius 2 is 2.23 bits per heavy atom. The van der Waals surface area contributed by atoms with Crippen LogP contribution in [-0.2, 0) is 11.3 Å². The summed E-state index contributed by atoms with van der Waals surface area (Å²) in [4.78, 5) is 11.6. The molecule has 1 aromatic rings. The second-order valence-electron chi connectivity index (χ2n) is 3.91. The van der Waals surface area contributed by atoms with Crippen LogP contribution < -0.4 is 0 Å². The van der Waals surface area contributed by atoms with Gasteiger partial charge in [-0.05, 0) is 22.6 Å². The van der Waals surface area contributed by atoms with Gasteiger partial charge in [-0.2, -0.15) is 0 Å². The summed E-state index contributed by atoms with van der Waals surface area (Å²) in [6.07, 6.45) is 1.75. The quantitative estimate of drug-likeness (QED) is 0.776. The number of carbonyl (C=O) groups excluding carboxylic acids is 1. The molecule has 13 heavy (non-hydrogen) atoms. The summed E-state index contributed by atoms with van der Waals surface area (Å²) < 4.78 is 2.37. The van der Waals surface area contributed by atoms with Crippen molar-refractivity contribution in [3.05, 3.63) is 9.90 Å². The van der Waals surface area contributed by atoms with Gasteiger partial charge in [-0.3, -0.25) is 4.79 Å². The third-order valence-electron chi connectivity index (χ3n) is 1.65. The van der Waals surface area contributed by atoms with Gasteiger partial charge in [-0.1, -0.05) is 26.0 Å². The van der Waals surface area contributed by atoms with E-state index in [2.05, 4.69) is 32.9 Å². The number of ketones is 1. The molecule has 4 nitrogen and oxygen atoms in total. The summed E-state index contributed by atoms with van der Waals surface area (Å²) in [5, 5.41) is 7.61. The Morgan fingerprint density at radius 3 is 2.62 bits per heavy atom. The van der Waals surface area contributed by atoms with Crippen molar-refractivity contribution >= 4 is 28.4 Å². The molecular weight excluding hydrogens is 281 g/mol. The standard InChI is InChI=1S/C8H12IN3O/c1-8(2,3)6(13)4-12-5-7(9)10-11-12/h5H,4H2,1-3H3. The molecule has 0 saturated heterocycles. The van der Waals surface area contributed by atoms with E-state index in [9.17, 15) is 4.79 Å². The molecule has 1 heterocycles. The molecule has 1 aromatic heterocycles. The zero-order chi connectivity index (χ0) is 10.1. The van der Waals surface area contributed by atoms with Crippen molar-refractivity contribution < 1.29 is 4.79 Å². The van der Waals surface area contributed by atoms with Crippen LogP contribution in [0.1, 0.15) is 20.8 Å². The van der Waals surface area contributed by atoms with Gasteiger partial charge in [-0.15, -0.1) is 5.10 Å². The first-order chi connectivity index (χ1) is 5.89. The Hall–Kier alpha value is -0.460. The maximum atomic E-state index is 11.6. The lowest BCUT2D eigenvalue weighted by atomic mass is 9.91. The maximum absolute atomic E-state index is 11.6. The largest absolute Gasteiger partial charge is 0.297 e. The van der Waals surface area contributed by atoms with Crippen LogP contribution in [0.5, 0.6) is 0 Å². The summed E-state index contributed by atoms with van der Waals surface area (Å²) in [6, 6.07) is 0. The summed E-state index contributed by atoms with van der Waals surface area (Å²) in [5.74, 6) is 0.161. The minimum absolute atomic E-state index is 0.161. The predicted octanol–water partition coefficient (Wildman–Crippen LogP) is 1.50. The zero-order valence-corrected chi connectivity index (χ0v) is 10.1. The Bertz CT molecular complexity index is 313. The van der Waals surface area contributed by atoms with Crippen molar-refractivity contribution in [2.75, 3.05) is 0 Å². The maximum Gasteiger partial charge on any atom is 0.159 e. The minimum Gasteiger partial charge on any atom is -0.297 e. The lowest BCUT2D eigenvalue weighted by Crippen LogP contribution is -2.25. The molecule has 0 spiro atoms. The Morgan fingerprint density at radius 1 is 1.62 bits per heavy atom. The van der Waals surface area contributed by atoms with E-state index in [0.29, 0.717) is 6.54 Å². The Labute approximate surface area is 90.8 Å². The highest BCUT2D eigenvalue weighted by Crippen LogP contribution is 2.15. The van der Waals surface area contributed by atoms with Crippen LogP contribution in [0, 0.1) is 9.12 Å². The molecule has 0 unspecified atom stereocenters. The summed E-state index contributed by atoms with van der Waals surface area (Å²) in [5.41, 5.74) is -0.308. The molecule has 72 valence electrons. The van der Waals surface area contributed by atoms with E-state index in [1.807, 2.05) is 20.8 Å². The smallest absolute Gasteiger partial charge is 0.159 e. The number of rotatable bonds is 2. The number of nitrogens with zero attached hydrogens (tertiary/aromatic N) is 3. The fourth-order valence-corrected chi connectivity index (χ4v) is 1.15. The molecule has 1 rings (SSSR count). The molecule has 0 bridgehead atoms. The molecule has 0 aliphatic heterocycles. The van der Waals surface area contributed by atoms with Crippen molar-refractivity contribution in [3.63, 3.8) is 0 Å². The van der Waals surface area contributed by atoms with Gasteiger partial charge in [0.15, 0.2) is 5.78 Å². The highest BCUT2D eigenvalue weighted by molar-refractivity contribution is 14.1. The van der Waals surface area contributed by atoms with E-state index >= 15 is 0 Å². The third-order valence-corrected chi connectivity index (χ3v) is 2.15. The molecule has 0 fully saturated rings. The zero-order valence-electron chi connectivity index (χ0n) is 7.91. The first-order valence-corrected chi connectivity index (χ1v) is 5.06. The van der Waals surface area contributed by atoms with E-state index in [4.69, 9.17) is 0 Å². The lowest BCUT2D eigenvalue weighted by Gasteiger charge is -2.15. The van der Waals surface area contributed by atoms with Gasteiger partial charge < -0.3 is 0 Å². The Balaban J connectivity index is 2.65. The first-order valence-electron chi connectivity index (χ1n) is 3.98. The molecular formula is C8H12IN3O. The second kappa shape index (κ2) is 3.73. The molecule has 0 atom stereocenters. The SMILES string of the molecule is CC(C)(C)C(=O)Cn1cc(I)nn1.